The van der Waals surface area contributed by atoms with Crippen molar-refractivity contribution in [3.63, 3.8) is 0 Å². The van der Waals surface area contributed by atoms with Gasteiger partial charge in [-0.1, -0.05) is 11.6 Å². The van der Waals surface area contributed by atoms with Gasteiger partial charge in [-0.25, -0.2) is 4.79 Å². The molecular weight excluding hydrogens is 292 g/mol. The highest BCUT2D eigenvalue weighted by Gasteiger charge is 2.43. The van der Waals surface area contributed by atoms with E-state index in [0.29, 0.717) is 36.0 Å². The molecule has 114 valence electrons. The first-order chi connectivity index (χ1) is 10.1. The van der Waals surface area contributed by atoms with Gasteiger partial charge in [0.1, 0.15) is 5.82 Å². The molecule has 2 aliphatic rings. The molecule has 1 aliphatic heterocycles. The number of nitrogens with zero attached hydrogens (tertiary/aromatic N) is 3. The van der Waals surface area contributed by atoms with Crippen molar-refractivity contribution in [2.24, 2.45) is 17.8 Å². The van der Waals surface area contributed by atoms with Crippen LogP contribution in [0.2, 0.25) is 5.15 Å². The third kappa shape index (κ3) is 3.20. The molecule has 1 aliphatic carbocycles. The Bertz CT molecular complexity index is 510. The molecule has 2 N–H and O–H groups in total. The van der Waals surface area contributed by atoms with Crippen molar-refractivity contribution in [2.75, 3.05) is 25.0 Å². The molecular formula is C14H19ClN4O2. The number of rotatable bonds is 4. The molecule has 1 saturated carbocycles. The molecule has 0 aromatic carbocycles. The summed E-state index contributed by atoms with van der Waals surface area (Å²) in [5.74, 6) is 2.42. The van der Waals surface area contributed by atoms with E-state index in [-0.39, 0.29) is 0 Å². The molecule has 2 heterocycles. The van der Waals surface area contributed by atoms with Crippen LogP contribution in [-0.4, -0.2) is 45.9 Å². The maximum absolute atomic E-state index is 11.1. The van der Waals surface area contributed by atoms with Crippen LogP contribution >= 0.6 is 11.6 Å². The van der Waals surface area contributed by atoms with Gasteiger partial charge in [-0.05, 0) is 49.1 Å². The van der Waals surface area contributed by atoms with Gasteiger partial charge in [0.25, 0.3) is 0 Å². The lowest BCUT2D eigenvalue weighted by atomic mass is 9.90. The van der Waals surface area contributed by atoms with Crippen LogP contribution < -0.4 is 5.32 Å². The lowest BCUT2D eigenvalue weighted by Crippen LogP contribution is -2.28. The third-order valence-electron chi connectivity index (χ3n) is 4.73. The minimum Gasteiger partial charge on any atom is -0.465 e. The normalized spacial score (nSPS) is 27.7. The summed E-state index contributed by atoms with van der Waals surface area (Å²) >= 11 is 5.70. The summed E-state index contributed by atoms with van der Waals surface area (Å²) in [4.78, 5) is 12.6. The monoisotopic (exact) mass is 310 g/mol. The number of likely N-dealkylation sites (tertiary alicyclic amines) is 1. The van der Waals surface area contributed by atoms with E-state index < -0.39 is 6.09 Å². The van der Waals surface area contributed by atoms with Crippen LogP contribution in [0.4, 0.5) is 10.6 Å². The van der Waals surface area contributed by atoms with E-state index in [4.69, 9.17) is 16.7 Å². The lowest BCUT2D eigenvalue weighted by molar-refractivity contribution is 0.150. The predicted molar refractivity (Wildman–Crippen MR) is 79.5 cm³/mol. The quantitative estimate of drug-likeness (QED) is 0.893. The Morgan fingerprint density at radius 3 is 2.95 bits per heavy atom. The van der Waals surface area contributed by atoms with Gasteiger partial charge < -0.3 is 15.3 Å². The zero-order chi connectivity index (χ0) is 14.8. The fourth-order valence-electron chi connectivity index (χ4n) is 3.69. The first-order valence-corrected chi connectivity index (χ1v) is 7.72. The summed E-state index contributed by atoms with van der Waals surface area (Å²) < 4.78 is 0. The summed E-state index contributed by atoms with van der Waals surface area (Å²) in [6, 6.07) is 3.53. The van der Waals surface area contributed by atoms with Crippen LogP contribution in [0.3, 0.4) is 0 Å². The smallest absolute Gasteiger partial charge is 0.407 e. The molecule has 6 nitrogen and oxygen atoms in total. The molecule has 3 atom stereocenters. The van der Waals surface area contributed by atoms with E-state index in [1.807, 2.05) is 6.07 Å². The molecule has 1 aromatic heterocycles. The number of halogens is 1. The summed E-state index contributed by atoms with van der Waals surface area (Å²) in [6.45, 7) is 2.25. The van der Waals surface area contributed by atoms with E-state index in [2.05, 4.69) is 15.5 Å². The summed E-state index contributed by atoms with van der Waals surface area (Å²) in [7, 11) is 0. The standard InChI is InChI=1S/C14H19ClN4O2/c15-12-3-4-13(18-17-12)16-6-5-9-1-2-10-7-19(14(20)21)8-11(9)10/h3-4,9-11H,1-2,5-8H2,(H,16,18)(H,20,21). The average Bonchev–Trinajstić information content (AvgIpc) is 3.02. The molecule has 1 aromatic rings. The van der Waals surface area contributed by atoms with Crippen molar-refractivity contribution in [3.05, 3.63) is 17.3 Å². The Morgan fingerprint density at radius 1 is 1.38 bits per heavy atom. The Balaban J connectivity index is 1.48. The number of anilines is 1. The first-order valence-electron chi connectivity index (χ1n) is 7.34. The van der Waals surface area contributed by atoms with E-state index >= 15 is 0 Å². The number of aromatic nitrogens is 2. The van der Waals surface area contributed by atoms with Crippen LogP contribution in [-0.2, 0) is 0 Å². The largest absolute Gasteiger partial charge is 0.465 e. The van der Waals surface area contributed by atoms with Crippen molar-refractivity contribution in [3.8, 4) is 0 Å². The Hall–Kier alpha value is -1.56. The van der Waals surface area contributed by atoms with Gasteiger partial charge in [-0.2, -0.15) is 0 Å². The number of amides is 1. The zero-order valence-electron chi connectivity index (χ0n) is 11.7. The molecule has 0 radical (unpaired) electrons. The van der Waals surface area contributed by atoms with Crippen molar-refractivity contribution in [2.45, 2.75) is 19.3 Å². The van der Waals surface area contributed by atoms with Crippen molar-refractivity contribution >= 4 is 23.5 Å². The molecule has 3 rings (SSSR count). The van der Waals surface area contributed by atoms with Crippen molar-refractivity contribution in [1.82, 2.24) is 15.1 Å². The fraction of sp³-hybridized carbons (Fsp3) is 0.643. The van der Waals surface area contributed by atoms with Crippen LogP contribution in [0.25, 0.3) is 0 Å². The minimum atomic E-state index is -0.780. The van der Waals surface area contributed by atoms with Gasteiger partial charge in [0.2, 0.25) is 0 Å². The molecule has 21 heavy (non-hydrogen) atoms. The highest BCUT2D eigenvalue weighted by Crippen LogP contribution is 2.43. The molecule has 1 amide bonds. The van der Waals surface area contributed by atoms with Crippen LogP contribution in [0, 0.1) is 17.8 Å². The fourth-order valence-corrected chi connectivity index (χ4v) is 3.79. The number of hydrogen-bond acceptors (Lipinski definition) is 4. The molecule has 2 fully saturated rings. The number of fused-ring (bicyclic) bond motifs is 1. The topological polar surface area (TPSA) is 78.4 Å². The number of carboxylic acid groups (broad SMARTS) is 1. The molecule has 0 spiro atoms. The average molecular weight is 311 g/mol. The molecule has 0 bridgehead atoms. The molecule has 3 unspecified atom stereocenters. The van der Waals surface area contributed by atoms with E-state index in [1.54, 1.807) is 11.0 Å². The van der Waals surface area contributed by atoms with Crippen molar-refractivity contribution in [1.29, 1.82) is 0 Å². The van der Waals surface area contributed by atoms with Crippen LogP contribution in [0.5, 0.6) is 0 Å². The summed E-state index contributed by atoms with van der Waals surface area (Å²) in [6.07, 6.45) is 2.62. The highest BCUT2D eigenvalue weighted by atomic mass is 35.5. The van der Waals surface area contributed by atoms with Gasteiger partial charge in [0.05, 0.1) is 0 Å². The Labute approximate surface area is 128 Å². The van der Waals surface area contributed by atoms with Crippen molar-refractivity contribution < 1.29 is 9.90 Å². The highest BCUT2D eigenvalue weighted by molar-refractivity contribution is 6.29. The second-order valence-corrected chi connectivity index (χ2v) is 6.29. The predicted octanol–water partition coefficient (Wildman–Crippen LogP) is 2.57. The van der Waals surface area contributed by atoms with Gasteiger partial charge >= 0.3 is 6.09 Å². The molecule has 1 saturated heterocycles. The minimum absolute atomic E-state index is 0.388. The first kappa shape index (κ1) is 14.4. The van der Waals surface area contributed by atoms with Crippen LogP contribution in [0.1, 0.15) is 19.3 Å². The van der Waals surface area contributed by atoms with E-state index in [9.17, 15) is 4.79 Å². The summed E-state index contributed by atoms with van der Waals surface area (Å²) in [5.41, 5.74) is 0. The van der Waals surface area contributed by atoms with Gasteiger partial charge in [0.15, 0.2) is 5.15 Å². The SMILES string of the molecule is O=C(O)N1CC2CCC(CCNc3ccc(Cl)nn3)C2C1. The second-order valence-electron chi connectivity index (χ2n) is 5.91. The maximum Gasteiger partial charge on any atom is 0.407 e. The Morgan fingerprint density at radius 2 is 2.24 bits per heavy atom. The van der Waals surface area contributed by atoms with Gasteiger partial charge in [-0.15, -0.1) is 10.2 Å². The number of nitrogens with one attached hydrogen (secondary N) is 1. The second kappa shape index (κ2) is 6.05. The summed E-state index contributed by atoms with van der Waals surface area (Å²) in [5, 5.41) is 20.5. The van der Waals surface area contributed by atoms with Gasteiger partial charge in [0, 0.05) is 19.6 Å². The number of carbonyl (C=O) groups is 1. The number of hydrogen-bond donors (Lipinski definition) is 2. The maximum atomic E-state index is 11.1. The Kier molecular flexibility index (Phi) is 4.14. The zero-order valence-corrected chi connectivity index (χ0v) is 12.5. The molecule has 7 heteroatoms. The van der Waals surface area contributed by atoms with Crippen LogP contribution in [0.15, 0.2) is 12.1 Å². The van der Waals surface area contributed by atoms with E-state index in [0.717, 1.165) is 25.2 Å². The van der Waals surface area contributed by atoms with Gasteiger partial charge in [-0.3, -0.25) is 0 Å². The van der Waals surface area contributed by atoms with E-state index in [1.165, 1.54) is 6.42 Å². The lowest BCUT2D eigenvalue weighted by Gasteiger charge is -2.19. The third-order valence-corrected chi connectivity index (χ3v) is 4.93.